The number of hydrogen-bond donors (Lipinski definition) is 2. The zero-order valence-corrected chi connectivity index (χ0v) is 18.1. The summed E-state index contributed by atoms with van der Waals surface area (Å²) in [5.74, 6) is -1.06. The Morgan fingerprint density at radius 3 is 2.04 bits per heavy atom. The molecule has 0 saturated heterocycles. The first kappa shape index (κ1) is 24.3. The van der Waals surface area contributed by atoms with Crippen LogP contribution in [0, 0.1) is 0 Å². The number of ether oxygens (including phenoxy) is 1. The van der Waals surface area contributed by atoms with Crippen LogP contribution in [0.25, 0.3) is 0 Å². The highest BCUT2D eigenvalue weighted by Gasteiger charge is 2.25. The second kappa shape index (κ2) is 10.7. The Labute approximate surface area is 167 Å². The fourth-order valence-electron chi connectivity index (χ4n) is 2.06. The molecule has 0 fully saturated rings. The molecule has 28 heavy (non-hydrogen) atoms. The van der Waals surface area contributed by atoms with E-state index >= 15 is 0 Å². The number of carbonyl (C=O) groups is 1. The Balaban J connectivity index is 3.35. The normalized spacial score (nSPS) is 12.0. The van der Waals surface area contributed by atoms with Crippen molar-refractivity contribution in [2.45, 2.75) is 56.2 Å². The molecule has 0 spiro atoms. The third-order valence-electron chi connectivity index (χ3n) is 3.71. The molecule has 8 nitrogen and oxygen atoms in total. The van der Waals surface area contributed by atoms with Gasteiger partial charge in [-0.2, -0.15) is 0 Å². The Kier molecular flexibility index (Phi) is 9.28. The first-order valence-corrected chi connectivity index (χ1v) is 12.0. The van der Waals surface area contributed by atoms with E-state index in [1.54, 1.807) is 0 Å². The number of unbranched alkanes of at least 4 members (excludes halogenated alkanes) is 2. The van der Waals surface area contributed by atoms with Gasteiger partial charge >= 0.3 is 5.97 Å². The summed E-state index contributed by atoms with van der Waals surface area (Å²) < 4.78 is 60.1. The van der Waals surface area contributed by atoms with Gasteiger partial charge in [0, 0.05) is 18.7 Å². The molecular formula is C18H28N2O6S2. The summed E-state index contributed by atoms with van der Waals surface area (Å²) in [5.41, 5.74) is 0.0835. The molecule has 0 aliphatic carbocycles. The number of carbonyl (C=O) groups excluding carboxylic acids is 1. The van der Waals surface area contributed by atoms with Crippen LogP contribution in [0.2, 0.25) is 0 Å². The lowest BCUT2D eigenvalue weighted by molar-refractivity contribution is -0.130. The number of sulfonamides is 2. The van der Waals surface area contributed by atoms with Crippen molar-refractivity contribution in [1.82, 2.24) is 9.44 Å². The van der Waals surface area contributed by atoms with Gasteiger partial charge in [-0.15, -0.1) is 0 Å². The van der Waals surface area contributed by atoms with Gasteiger partial charge in [0.1, 0.15) is 4.90 Å². The van der Waals surface area contributed by atoms with Crippen LogP contribution in [-0.2, 0) is 24.8 Å². The van der Waals surface area contributed by atoms with E-state index in [0.29, 0.717) is 12.8 Å². The quantitative estimate of drug-likeness (QED) is 0.226. The number of esters is 1. The highest BCUT2D eigenvalue weighted by atomic mass is 32.2. The molecule has 0 atom stereocenters. The summed E-state index contributed by atoms with van der Waals surface area (Å²) in [4.78, 5) is 11.2. The van der Waals surface area contributed by atoms with E-state index < -0.39 is 30.9 Å². The molecule has 0 unspecified atom stereocenters. The molecule has 1 aromatic carbocycles. The van der Waals surface area contributed by atoms with Crippen LogP contribution in [-0.4, -0.2) is 35.9 Å². The van der Waals surface area contributed by atoms with Crippen molar-refractivity contribution in [3.63, 3.8) is 0 Å². The molecule has 0 radical (unpaired) electrons. The van der Waals surface area contributed by atoms with Gasteiger partial charge in [-0.1, -0.05) is 33.3 Å². The van der Waals surface area contributed by atoms with Gasteiger partial charge < -0.3 is 4.74 Å². The first-order chi connectivity index (χ1) is 13.0. The molecule has 1 aromatic rings. The maximum Gasteiger partial charge on any atom is 0.338 e. The summed E-state index contributed by atoms with van der Waals surface area (Å²) in [6, 6.07) is 3.34. The number of hydrogen-bond acceptors (Lipinski definition) is 6. The third kappa shape index (κ3) is 7.01. The summed E-state index contributed by atoms with van der Waals surface area (Å²) in [7, 11) is -7.99. The van der Waals surface area contributed by atoms with Gasteiger partial charge in [0.05, 0.1) is 4.90 Å². The van der Waals surface area contributed by atoms with Crippen LogP contribution < -0.4 is 14.2 Å². The van der Waals surface area contributed by atoms with E-state index in [4.69, 9.17) is 4.74 Å². The molecule has 0 amide bonds. The Morgan fingerprint density at radius 2 is 1.54 bits per heavy atom. The van der Waals surface area contributed by atoms with Crippen molar-refractivity contribution in [3.8, 4) is 5.75 Å². The van der Waals surface area contributed by atoms with Crippen LogP contribution >= 0.6 is 0 Å². The molecule has 0 saturated carbocycles. The predicted molar refractivity (Wildman–Crippen MR) is 107 cm³/mol. The lowest BCUT2D eigenvalue weighted by Gasteiger charge is -2.14. The molecule has 10 heteroatoms. The second-order valence-corrected chi connectivity index (χ2v) is 9.78. The zero-order chi connectivity index (χ0) is 21.4. The second-order valence-electron chi connectivity index (χ2n) is 6.28. The molecule has 0 heterocycles. The minimum Gasteiger partial charge on any atom is -0.422 e. The van der Waals surface area contributed by atoms with Crippen molar-refractivity contribution in [2.75, 3.05) is 13.1 Å². The molecule has 0 bridgehead atoms. The van der Waals surface area contributed by atoms with Crippen LogP contribution in [0.3, 0.4) is 0 Å². The van der Waals surface area contributed by atoms with Gasteiger partial charge in [-0.3, -0.25) is 0 Å². The topological polar surface area (TPSA) is 119 Å². The number of benzene rings is 1. The zero-order valence-electron chi connectivity index (χ0n) is 16.4. The van der Waals surface area contributed by atoms with Crippen molar-refractivity contribution >= 4 is 26.0 Å². The summed E-state index contributed by atoms with van der Waals surface area (Å²) >= 11 is 0. The third-order valence-corrected chi connectivity index (χ3v) is 6.65. The highest BCUT2D eigenvalue weighted by Crippen LogP contribution is 2.28. The predicted octanol–water partition coefficient (Wildman–Crippen LogP) is 2.32. The Bertz CT molecular complexity index is 908. The largest absolute Gasteiger partial charge is 0.422 e. The average molecular weight is 433 g/mol. The lowest BCUT2D eigenvalue weighted by Crippen LogP contribution is -2.27. The highest BCUT2D eigenvalue weighted by molar-refractivity contribution is 7.90. The smallest absolute Gasteiger partial charge is 0.338 e. The molecule has 0 aliphatic heterocycles. The first-order valence-electron chi connectivity index (χ1n) is 9.06. The van der Waals surface area contributed by atoms with Crippen LogP contribution in [0.15, 0.2) is 40.1 Å². The summed E-state index contributed by atoms with van der Waals surface area (Å²) in [6.07, 6.45) is 2.84. The minimum absolute atomic E-state index is 0.0835. The number of nitrogens with one attached hydrogen (secondary N) is 2. The van der Waals surface area contributed by atoms with E-state index in [0.717, 1.165) is 25.0 Å². The SMILES string of the molecule is C=C(C)C(=O)Oc1ccc(S(=O)(=O)NCCCC)cc1S(=O)(=O)NCCCC. The maximum atomic E-state index is 12.7. The molecular weight excluding hydrogens is 404 g/mol. The van der Waals surface area contributed by atoms with Gasteiger partial charge in [0.2, 0.25) is 20.0 Å². The molecule has 1 rings (SSSR count). The van der Waals surface area contributed by atoms with Crippen LogP contribution in [0.1, 0.15) is 46.5 Å². The van der Waals surface area contributed by atoms with Gasteiger partial charge in [-0.25, -0.2) is 31.1 Å². The Hall–Kier alpha value is -1.75. The Morgan fingerprint density at radius 1 is 1.00 bits per heavy atom. The molecule has 2 N–H and O–H groups in total. The van der Waals surface area contributed by atoms with Gasteiger partial charge in [-0.05, 0) is 38.0 Å². The van der Waals surface area contributed by atoms with E-state index in [1.165, 1.54) is 13.0 Å². The summed E-state index contributed by atoms with van der Waals surface area (Å²) in [6.45, 7) is 9.13. The van der Waals surface area contributed by atoms with Crippen LogP contribution in [0.4, 0.5) is 0 Å². The van der Waals surface area contributed by atoms with E-state index in [2.05, 4.69) is 16.0 Å². The van der Waals surface area contributed by atoms with Gasteiger partial charge in [0.15, 0.2) is 5.75 Å². The summed E-state index contributed by atoms with van der Waals surface area (Å²) in [5, 5.41) is 0. The van der Waals surface area contributed by atoms with Crippen molar-refractivity contribution in [2.24, 2.45) is 0 Å². The monoisotopic (exact) mass is 432 g/mol. The minimum atomic E-state index is -4.09. The molecule has 0 aromatic heterocycles. The van der Waals surface area contributed by atoms with Gasteiger partial charge in [0.25, 0.3) is 0 Å². The standard InChI is InChI=1S/C18H28N2O6S2/c1-5-7-11-19-27(22,23)15-9-10-16(26-18(21)14(3)4)17(13-15)28(24,25)20-12-8-6-2/h9-10,13,19-20H,3,5-8,11-12H2,1-2,4H3. The average Bonchev–Trinajstić information content (AvgIpc) is 2.61. The molecule has 158 valence electrons. The fourth-order valence-corrected chi connectivity index (χ4v) is 4.46. The van der Waals surface area contributed by atoms with Crippen molar-refractivity contribution < 1.29 is 26.4 Å². The van der Waals surface area contributed by atoms with Crippen molar-refractivity contribution in [1.29, 1.82) is 0 Å². The van der Waals surface area contributed by atoms with Crippen molar-refractivity contribution in [3.05, 3.63) is 30.4 Å². The maximum absolute atomic E-state index is 12.7. The van der Waals surface area contributed by atoms with E-state index in [9.17, 15) is 21.6 Å². The van der Waals surface area contributed by atoms with E-state index in [-0.39, 0.29) is 29.3 Å². The fraction of sp³-hybridized carbons (Fsp3) is 0.500. The molecule has 0 aliphatic rings. The van der Waals surface area contributed by atoms with E-state index in [1.807, 2.05) is 13.8 Å². The van der Waals surface area contributed by atoms with Crippen LogP contribution in [0.5, 0.6) is 5.75 Å². The lowest BCUT2D eigenvalue weighted by atomic mass is 10.3. The number of rotatable bonds is 12.